The van der Waals surface area contributed by atoms with Gasteiger partial charge in [0, 0.05) is 11.9 Å². The van der Waals surface area contributed by atoms with Crippen molar-refractivity contribution < 1.29 is 13.0 Å². The van der Waals surface area contributed by atoms with Crippen molar-refractivity contribution in [3.05, 3.63) is 18.1 Å². The normalized spacial score (nSPS) is 12.0. The number of rotatable bonds is 5. The highest BCUT2D eigenvalue weighted by molar-refractivity contribution is 7.99. The summed E-state index contributed by atoms with van der Waals surface area (Å²) in [5.74, 6) is 0.928. The van der Waals surface area contributed by atoms with Crippen LogP contribution in [0.25, 0.3) is 0 Å². The first-order valence-corrected chi connectivity index (χ1v) is 7.35. The summed E-state index contributed by atoms with van der Waals surface area (Å²) in [5.41, 5.74) is 0.260. The Hall–Kier alpha value is -0.660. The Morgan fingerprint density at radius 2 is 2.12 bits per heavy atom. The van der Waals surface area contributed by atoms with Crippen molar-refractivity contribution in [2.24, 2.45) is 5.92 Å². The molecule has 0 aliphatic rings. The van der Waals surface area contributed by atoms with Gasteiger partial charge in [-0.3, -0.25) is 9.54 Å². The molecule has 1 rings (SSSR count). The van der Waals surface area contributed by atoms with Crippen LogP contribution in [0.15, 0.2) is 17.4 Å². The minimum absolute atomic E-state index is 0.260. The fourth-order valence-corrected chi connectivity index (χ4v) is 2.30. The predicted octanol–water partition coefficient (Wildman–Crippen LogP) is 1.61. The number of aromatic nitrogens is 2. The minimum atomic E-state index is -4.04. The molecule has 0 aliphatic heterocycles. The molecule has 0 aromatic carbocycles. The summed E-state index contributed by atoms with van der Waals surface area (Å²) in [6, 6.07) is 0. The van der Waals surface area contributed by atoms with Crippen molar-refractivity contribution in [3.63, 3.8) is 0 Å². The molecule has 90 valence electrons. The Morgan fingerprint density at radius 1 is 1.44 bits per heavy atom. The van der Waals surface area contributed by atoms with Crippen LogP contribution >= 0.6 is 11.8 Å². The highest BCUT2D eigenvalue weighted by atomic mass is 32.2. The quantitative estimate of drug-likeness (QED) is 0.641. The molecular weight excluding hydrogens is 248 g/mol. The van der Waals surface area contributed by atoms with Crippen LogP contribution in [-0.4, -0.2) is 28.7 Å². The molecule has 1 aromatic rings. The second-order valence-electron chi connectivity index (χ2n) is 3.78. The first-order chi connectivity index (χ1) is 7.37. The van der Waals surface area contributed by atoms with Gasteiger partial charge < -0.3 is 0 Å². The molecule has 5 nitrogen and oxygen atoms in total. The Balaban J connectivity index is 2.71. The van der Waals surface area contributed by atoms with E-state index in [1.54, 1.807) is 6.20 Å². The molecule has 7 heteroatoms. The Labute approximate surface area is 99.4 Å². The van der Waals surface area contributed by atoms with Gasteiger partial charge in [-0.2, -0.15) is 8.42 Å². The Bertz CT molecular complexity index is 446. The van der Waals surface area contributed by atoms with Crippen LogP contribution in [0.2, 0.25) is 0 Å². The van der Waals surface area contributed by atoms with E-state index >= 15 is 0 Å². The van der Waals surface area contributed by atoms with Crippen molar-refractivity contribution in [1.29, 1.82) is 0 Å². The molecule has 0 saturated heterocycles. The third-order valence-electron chi connectivity index (χ3n) is 1.56. The van der Waals surface area contributed by atoms with E-state index in [4.69, 9.17) is 4.55 Å². The van der Waals surface area contributed by atoms with E-state index in [1.165, 1.54) is 18.0 Å². The van der Waals surface area contributed by atoms with E-state index in [-0.39, 0.29) is 5.69 Å². The molecule has 16 heavy (non-hydrogen) atoms. The fraction of sp³-hybridized carbons (Fsp3) is 0.556. The smallest absolute Gasteiger partial charge is 0.270 e. The van der Waals surface area contributed by atoms with Crippen LogP contribution in [0.3, 0.4) is 0 Å². The van der Waals surface area contributed by atoms with Gasteiger partial charge in [0.05, 0.1) is 11.9 Å². The summed E-state index contributed by atoms with van der Waals surface area (Å²) >= 11 is 1.52. The largest absolute Gasteiger partial charge is 0.285 e. The summed E-state index contributed by atoms with van der Waals surface area (Å²) < 4.78 is 30.0. The van der Waals surface area contributed by atoms with E-state index in [2.05, 4.69) is 23.8 Å². The summed E-state index contributed by atoms with van der Waals surface area (Å²) in [6.45, 7) is 4.17. The molecule has 0 amide bonds. The number of hydrogen-bond donors (Lipinski definition) is 1. The van der Waals surface area contributed by atoms with Gasteiger partial charge >= 0.3 is 0 Å². The van der Waals surface area contributed by atoms with Crippen LogP contribution in [0.1, 0.15) is 19.5 Å². The zero-order valence-corrected chi connectivity index (χ0v) is 10.8. The second kappa shape index (κ2) is 5.60. The fourth-order valence-electron chi connectivity index (χ4n) is 0.964. The predicted molar refractivity (Wildman–Crippen MR) is 62.8 cm³/mol. The van der Waals surface area contributed by atoms with E-state index in [0.29, 0.717) is 10.9 Å². The number of thioether (sulfide) groups is 1. The summed E-state index contributed by atoms with van der Waals surface area (Å²) in [6.07, 6.45) is 2.92. The van der Waals surface area contributed by atoms with Gasteiger partial charge in [0.25, 0.3) is 10.1 Å². The summed E-state index contributed by atoms with van der Waals surface area (Å²) in [5, 5.41) is 0.676. The molecule has 0 bridgehead atoms. The number of nitrogens with zero attached hydrogens (tertiary/aromatic N) is 2. The molecule has 0 saturated carbocycles. The molecular formula is C9H14N2O3S2. The molecule has 0 spiro atoms. The van der Waals surface area contributed by atoms with Gasteiger partial charge in [-0.05, 0) is 5.92 Å². The van der Waals surface area contributed by atoms with E-state index in [1.807, 2.05) is 0 Å². The molecule has 0 unspecified atom stereocenters. The molecule has 0 radical (unpaired) electrons. The first kappa shape index (κ1) is 13.4. The van der Waals surface area contributed by atoms with E-state index in [9.17, 15) is 8.42 Å². The monoisotopic (exact) mass is 262 g/mol. The lowest BCUT2D eigenvalue weighted by molar-refractivity contribution is 0.481. The van der Waals surface area contributed by atoms with Crippen LogP contribution in [0.5, 0.6) is 0 Å². The molecule has 1 heterocycles. The molecule has 0 fully saturated rings. The van der Waals surface area contributed by atoms with Crippen LogP contribution in [-0.2, 0) is 15.9 Å². The van der Waals surface area contributed by atoms with Gasteiger partial charge in [0.15, 0.2) is 0 Å². The van der Waals surface area contributed by atoms with Crippen molar-refractivity contribution >= 4 is 21.9 Å². The number of hydrogen-bond acceptors (Lipinski definition) is 5. The topological polar surface area (TPSA) is 80.2 Å². The standard InChI is InChI=1S/C9H14N2O3S2/c1-7(2)5-15-9-4-10-3-8(11-9)6-16(12,13)14/h3-4,7H,5-6H2,1-2H3,(H,12,13,14). The third-order valence-corrected chi connectivity index (χ3v) is 3.54. The van der Waals surface area contributed by atoms with Gasteiger partial charge in [0.1, 0.15) is 10.8 Å². The lowest BCUT2D eigenvalue weighted by atomic mass is 10.3. The highest BCUT2D eigenvalue weighted by Gasteiger charge is 2.09. The van der Waals surface area contributed by atoms with Crippen LogP contribution in [0, 0.1) is 5.92 Å². The first-order valence-electron chi connectivity index (χ1n) is 4.75. The van der Waals surface area contributed by atoms with E-state index < -0.39 is 15.9 Å². The second-order valence-corrected chi connectivity index (χ2v) is 6.27. The SMILES string of the molecule is CC(C)CSc1cncc(CS(=O)(=O)O)n1. The average molecular weight is 262 g/mol. The van der Waals surface area contributed by atoms with Crippen molar-refractivity contribution in [3.8, 4) is 0 Å². The Kier molecular flexibility index (Phi) is 4.69. The molecule has 1 aromatic heterocycles. The molecule has 0 atom stereocenters. The maximum atomic E-state index is 10.7. The zero-order valence-electron chi connectivity index (χ0n) is 9.12. The third kappa shape index (κ3) is 5.43. The van der Waals surface area contributed by atoms with Crippen LogP contribution < -0.4 is 0 Å². The van der Waals surface area contributed by atoms with Crippen LogP contribution in [0.4, 0.5) is 0 Å². The summed E-state index contributed by atoms with van der Waals surface area (Å²) in [7, 11) is -4.04. The van der Waals surface area contributed by atoms with Gasteiger partial charge in [0.2, 0.25) is 0 Å². The van der Waals surface area contributed by atoms with Crippen molar-refractivity contribution in [2.45, 2.75) is 24.6 Å². The van der Waals surface area contributed by atoms with Gasteiger partial charge in [-0.15, -0.1) is 11.8 Å². The van der Waals surface area contributed by atoms with E-state index in [0.717, 1.165) is 5.75 Å². The lowest BCUT2D eigenvalue weighted by Crippen LogP contribution is -2.04. The highest BCUT2D eigenvalue weighted by Crippen LogP contribution is 2.17. The average Bonchev–Trinajstić information content (AvgIpc) is 2.12. The van der Waals surface area contributed by atoms with Crippen molar-refractivity contribution in [1.82, 2.24) is 9.97 Å². The maximum absolute atomic E-state index is 10.7. The van der Waals surface area contributed by atoms with Gasteiger partial charge in [-0.1, -0.05) is 13.8 Å². The minimum Gasteiger partial charge on any atom is -0.285 e. The van der Waals surface area contributed by atoms with Gasteiger partial charge in [-0.25, -0.2) is 4.98 Å². The lowest BCUT2D eigenvalue weighted by Gasteiger charge is -2.04. The van der Waals surface area contributed by atoms with Crippen molar-refractivity contribution in [2.75, 3.05) is 5.75 Å². The summed E-state index contributed by atoms with van der Waals surface area (Å²) in [4.78, 5) is 7.98. The maximum Gasteiger partial charge on any atom is 0.270 e. The Morgan fingerprint density at radius 3 is 2.69 bits per heavy atom. The zero-order chi connectivity index (χ0) is 12.2. The molecule has 1 N–H and O–H groups in total. The molecule has 0 aliphatic carbocycles.